The number of benzene rings is 1. The molecule has 2 amide bonds. The number of fused-ring (bicyclic) bond motifs is 1. The van der Waals surface area contributed by atoms with Crippen molar-refractivity contribution in [2.24, 2.45) is 5.92 Å². The van der Waals surface area contributed by atoms with Crippen molar-refractivity contribution in [1.29, 1.82) is 0 Å². The fraction of sp³-hybridized carbons (Fsp3) is 0.438. The molecule has 0 atom stereocenters. The maximum atomic E-state index is 12.3. The van der Waals surface area contributed by atoms with E-state index in [0.717, 1.165) is 36.6 Å². The van der Waals surface area contributed by atoms with E-state index in [1.165, 1.54) is 0 Å². The number of hydrogen-bond acceptors (Lipinski definition) is 3. The summed E-state index contributed by atoms with van der Waals surface area (Å²) in [6.45, 7) is 0.493. The molecule has 0 spiro atoms. The van der Waals surface area contributed by atoms with Crippen molar-refractivity contribution < 1.29 is 14.7 Å². The zero-order chi connectivity index (χ0) is 16.2. The lowest BCUT2D eigenvalue weighted by Crippen LogP contribution is -2.39. The van der Waals surface area contributed by atoms with E-state index in [1.807, 2.05) is 12.1 Å². The van der Waals surface area contributed by atoms with Crippen molar-refractivity contribution >= 4 is 22.9 Å². The monoisotopic (exact) mass is 316 g/mol. The molecule has 23 heavy (non-hydrogen) atoms. The van der Waals surface area contributed by atoms with E-state index < -0.39 is 6.09 Å². The maximum Gasteiger partial charge on any atom is 0.404 e. The molecule has 0 aliphatic heterocycles. The highest BCUT2D eigenvalue weighted by Crippen LogP contribution is 2.24. The summed E-state index contributed by atoms with van der Waals surface area (Å²) < 4.78 is 0. The second kappa shape index (κ2) is 6.68. The van der Waals surface area contributed by atoms with E-state index in [4.69, 9.17) is 5.11 Å². The van der Waals surface area contributed by atoms with Crippen LogP contribution >= 0.6 is 0 Å². The molecule has 122 valence electrons. The summed E-state index contributed by atoms with van der Waals surface area (Å²) in [5.41, 5.74) is 1.54. The Kier molecular flexibility index (Phi) is 4.45. The minimum atomic E-state index is -0.977. The van der Waals surface area contributed by atoms with Crippen molar-refractivity contribution in [3.05, 3.63) is 30.0 Å². The molecule has 4 N–H and O–H groups in total. The number of hydrogen-bond donors (Lipinski definition) is 4. The average Bonchev–Trinajstić information content (AvgIpc) is 3.01. The van der Waals surface area contributed by atoms with Crippen LogP contribution in [0.4, 0.5) is 4.79 Å². The van der Waals surface area contributed by atoms with Crippen LogP contribution in [-0.4, -0.2) is 39.9 Å². The van der Waals surface area contributed by atoms with Gasteiger partial charge in [0.05, 0.1) is 11.7 Å². The Morgan fingerprint density at radius 2 is 2.04 bits per heavy atom. The highest BCUT2D eigenvalue weighted by atomic mass is 16.4. The van der Waals surface area contributed by atoms with E-state index in [0.29, 0.717) is 18.0 Å². The van der Waals surface area contributed by atoms with Gasteiger partial charge in [-0.15, -0.1) is 0 Å². The number of carbonyl (C=O) groups excluding carboxylic acids is 1. The Bertz CT molecular complexity index is 704. The Morgan fingerprint density at radius 3 is 2.78 bits per heavy atom. The first-order valence-electron chi connectivity index (χ1n) is 7.82. The SMILES string of the molecule is O=C(O)NCC1CCC(NC(=O)c2ccc3[nH]ncc3c2)CC1. The highest BCUT2D eigenvalue weighted by Gasteiger charge is 2.23. The third-order valence-electron chi connectivity index (χ3n) is 4.43. The van der Waals surface area contributed by atoms with Gasteiger partial charge < -0.3 is 15.7 Å². The van der Waals surface area contributed by atoms with Gasteiger partial charge in [0.25, 0.3) is 5.91 Å². The normalized spacial score (nSPS) is 21.0. The third-order valence-corrected chi connectivity index (χ3v) is 4.43. The smallest absolute Gasteiger partial charge is 0.404 e. The summed E-state index contributed by atoms with van der Waals surface area (Å²) >= 11 is 0. The Hall–Kier alpha value is -2.57. The van der Waals surface area contributed by atoms with Gasteiger partial charge in [-0.25, -0.2) is 4.79 Å². The number of aromatic nitrogens is 2. The van der Waals surface area contributed by atoms with Crippen LogP contribution in [0.5, 0.6) is 0 Å². The predicted molar refractivity (Wildman–Crippen MR) is 85.3 cm³/mol. The minimum Gasteiger partial charge on any atom is -0.465 e. The first-order chi connectivity index (χ1) is 11.1. The Balaban J connectivity index is 1.51. The van der Waals surface area contributed by atoms with Gasteiger partial charge in [-0.1, -0.05) is 0 Å². The number of carbonyl (C=O) groups is 2. The fourth-order valence-corrected chi connectivity index (χ4v) is 3.10. The van der Waals surface area contributed by atoms with Crippen molar-refractivity contribution in [2.45, 2.75) is 31.7 Å². The van der Waals surface area contributed by atoms with E-state index in [2.05, 4.69) is 20.8 Å². The molecule has 1 aromatic carbocycles. The van der Waals surface area contributed by atoms with Gasteiger partial charge in [0, 0.05) is 23.5 Å². The van der Waals surface area contributed by atoms with Crippen molar-refractivity contribution in [3.8, 4) is 0 Å². The molecule has 1 aliphatic carbocycles. The molecule has 1 saturated carbocycles. The first-order valence-corrected chi connectivity index (χ1v) is 7.82. The number of carboxylic acid groups (broad SMARTS) is 1. The molecule has 2 aromatic rings. The van der Waals surface area contributed by atoms with Gasteiger partial charge >= 0.3 is 6.09 Å². The summed E-state index contributed by atoms with van der Waals surface area (Å²) in [4.78, 5) is 22.9. The molecule has 1 aliphatic rings. The fourth-order valence-electron chi connectivity index (χ4n) is 3.10. The second-order valence-electron chi connectivity index (χ2n) is 6.05. The number of aromatic amines is 1. The zero-order valence-electron chi connectivity index (χ0n) is 12.7. The molecular formula is C16H20N4O3. The first kappa shape index (κ1) is 15.3. The Labute approximate surface area is 133 Å². The lowest BCUT2D eigenvalue weighted by Gasteiger charge is -2.29. The summed E-state index contributed by atoms with van der Waals surface area (Å²) in [5.74, 6) is 0.293. The molecule has 0 unspecified atom stereocenters. The number of amides is 2. The van der Waals surface area contributed by atoms with Gasteiger partial charge in [0.2, 0.25) is 0 Å². The summed E-state index contributed by atoms with van der Waals surface area (Å²) in [7, 11) is 0. The van der Waals surface area contributed by atoms with Crippen LogP contribution in [0.15, 0.2) is 24.4 Å². The highest BCUT2D eigenvalue weighted by molar-refractivity contribution is 5.98. The standard InChI is InChI=1S/C16H20N4O3/c21-15(11-3-6-14-12(7-11)9-18-20-14)19-13-4-1-10(2-5-13)8-17-16(22)23/h3,6-7,9-10,13,17H,1-2,4-5,8H2,(H,18,20)(H,19,21)(H,22,23). The van der Waals surface area contributed by atoms with Crippen LogP contribution < -0.4 is 10.6 Å². The second-order valence-corrected chi connectivity index (χ2v) is 6.05. The van der Waals surface area contributed by atoms with Crippen LogP contribution in [0.1, 0.15) is 36.0 Å². The lowest BCUT2D eigenvalue weighted by molar-refractivity contribution is 0.0922. The number of nitrogens with zero attached hydrogens (tertiary/aromatic N) is 1. The molecule has 1 fully saturated rings. The molecule has 0 radical (unpaired) electrons. The zero-order valence-corrected chi connectivity index (χ0v) is 12.7. The van der Waals surface area contributed by atoms with Gasteiger partial charge in [0.15, 0.2) is 0 Å². The van der Waals surface area contributed by atoms with E-state index in [1.54, 1.807) is 12.3 Å². The van der Waals surface area contributed by atoms with E-state index in [9.17, 15) is 9.59 Å². The van der Waals surface area contributed by atoms with Crippen molar-refractivity contribution in [2.75, 3.05) is 6.54 Å². The molecule has 0 bridgehead atoms. The van der Waals surface area contributed by atoms with Crippen LogP contribution in [0.25, 0.3) is 10.9 Å². The predicted octanol–water partition coefficient (Wildman–Crippen LogP) is 2.12. The maximum absolute atomic E-state index is 12.3. The topological polar surface area (TPSA) is 107 Å². The van der Waals surface area contributed by atoms with Crippen LogP contribution in [0.3, 0.4) is 0 Å². The molecule has 7 heteroatoms. The van der Waals surface area contributed by atoms with Gasteiger partial charge in [0.1, 0.15) is 0 Å². The largest absolute Gasteiger partial charge is 0.465 e. The molecular weight excluding hydrogens is 296 g/mol. The van der Waals surface area contributed by atoms with Crippen LogP contribution in [0.2, 0.25) is 0 Å². The van der Waals surface area contributed by atoms with Gasteiger partial charge in [-0.05, 0) is 49.8 Å². The van der Waals surface area contributed by atoms with E-state index in [-0.39, 0.29) is 11.9 Å². The van der Waals surface area contributed by atoms with Crippen molar-refractivity contribution in [3.63, 3.8) is 0 Å². The average molecular weight is 316 g/mol. The quantitative estimate of drug-likeness (QED) is 0.693. The van der Waals surface area contributed by atoms with Crippen LogP contribution in [0, 0.1) is 5.92 Å². The lowest BCUT2D eigenvalue weighted by atomic mass is 9.86. The third kappa shape index (κ3) is 3.80. The molecule has 3 rings (SSSR count). The minimum absolute atomic E-state index is 0.0692. The summed E-state index contributed by atoms with van der Waals surface area (Å²) in [6.07, 6.45) is 4.33. The molecule has 7 nitrogen and oxygen atoms in total. The summed E-state index contributed by atoms with van der Waals surface area (Å²) in [5, 5.41) is 21.9. The molecule has 1 aromatic heterocycles. The van der Waals surface area contributed by atoms with Crippen molar-refractivity contribution in [1.82, 2.24) is 20.8 Å². The number of nitrogens with one attached hydrogen (secondary N) is 3. The Morgan fingerprint density at radius 1 is 1.26 bits per heavy atom. The van der Waals surface area contributed by atoms with Gasteiger partial charge in [-0.2, -0.15) is 5.10 Å². The van der Waals surface area contributed by atoms with E-state index >= 15 is 0 Å². The van der Waals surface area contributed by atoms with Gasteiger partial charge in [-0.3, -0.25) is 9.89 Å². The molecule has 0 saturated heterocycles. The van der Waals surface area contributed by atoms with Crippen LogP contribution in [-0.2, 0) is 0 Å². The molecule has 1 heterocycles. The number of rotatable bonds is 4. The summed E-state index contributed by atoms with van der Waals surface area (Å²) in [6, 6.07) is 5.63. The number of H-pyrrole nitrogens is 1.